The molecule has 2 aromatic rings. The number of hydrogen-bond acceptors (Lipinski definition) is 3. The Morgan fingerprint density at radius 3 is 2.35 bits per heavy atom. The highest BCUT2D eigenvalue weighted by Gasteiger charge is 2.26. The molecule has 1 N–H and O–H groups in total. The van der Waals surface area contributed by atoms with Crippen LogP contribution in [0.5, 0.6) is 0 Å². The van der Waals surface area contributed by atoms with E-state index in [2.05, 4.69) is 5.32 Å². The number of rotatable bonds is 11. The summed E-state index contributed by atoms with van der Waals surface area (Å²) >= 11 is 7.57. The zero-order valence-electron chi connectivity index (χ0n) is 18.2. The lowest BCUT2D eigenvalue weighted by atomic mass is 10.1. The Morgan fingerprint density at radius 1 is 1.10 bits per heavy atom. The van der Waals surface area contributed by atoms with Gasteiger partial charge in [0, 0.05) is 28.9 Å². The van der Waals surface area contributed by atoms with Gasteiger partial charge in [0.25, 0.3) is 0 Å². The number of halogens is 2. The van der Waals surface area contributed by atoms with Crippen molar-refractivity contribution in [3.63, 3.8) is 0 Å². The molecule has 0 aromatic heterocycles. The van der Waals surface area contributed by atoms with E-state index in [1.165, 1.54) is 12.1 Å². The summed E-state index contributed by atoms with van der Waals surface area (Å²) in [5.41, 5.74) is 0.786. The van der Waals surface area contributed by atoms with E-state index in [9.17, 15) is 14.0 Å². The predicted octanol–water partition coefficient (Wildman–Crippen LogP) is 5.68. The second kappa shape index (κ2) is 12.7. The monoisotopic (exact) mass is 464 g/mol. The summed E-state index contributed by atoms with van der Waals surface area (Å²) in [5, 5.41) is 3.64. The number of benzene rings is 2. The molecule has 2 atom stereocenters. The van der Waals surface area contributed by atoms with Crippen LogP contribution in [0.15, 0.2) is 53.4 Å². The molecular weight excluding hydrogens is 435 g/mol. The van der Waals surface area contributed by atoms with Crippen LogP contribution in [0.4, 0.5) is 4.39 Å². The maximum absolute atomic E-state index is 13.3. The van der Waals surface area contributed by atoms with E-state index < -0.39 is 6.04 Å². The van der Waals surface area contributed by atoms with Gasteiger partial charge < -0.3 is 10.2 Å². The second-order valence-electron chi connectivity index (χ2n) is 7.55. The molecule has 0 aliphatic rings. The number of carbonyl (C=O) groups excluding carboxylic acids is 2. The van der Waals surface area contributed by atoms with Gasteiger partial charge in [-0.3, -0.25) is 9.59 Å². The van der Waals surface area contributed by atoms with Gasteiger partial charge >= 0.3 is 0 Å². The normalized spacial score (nSPS) is 12.8. The molecule has 0 aliphatic carbocycles. The van der Waals surface area contributed by atoms with Gasteiger partial charge in [-0.2, -0.15) is 0 Å². The van der Waals surface area contributed by atoms with Gasteiger partial charge in [-0.15, -0.1) is 11.8 Å². The standard InChI is InChI=1S/C24H30ClFN2O2S/c1-4-17(2)27-24(30)18(3)28(16-19-7-11-21(26)12-8-19)23(29)6-5-15-31-22-13-9-20(25)10-14-22/h7-14,17-18H,4-6,15-16H2,1-3H3,(H,27,30)/t17-,18-/m0/s1. The van der Waals surface area contributed by atoms with Crippen LogP contribution in [-0.4, -0.2) is 34.6 Å². The van der Waals surface area contributed by atoms with Gasteiger partial charge in [0.15, 0.2) is 0 Å². The van der Waals surface area contributed by atoms with Crippen LogP contribution in [0.25, 0.3) is 0 Å². The largest absolute Gasteiger partial charge is 0.352 e. The van der Waals surface area contributed by atoms with Crippen molar-refractivity contribution >= 4 is 35.2 Å². The third-order valence-corrected chi connectivity index (χ3v) is 6.40. The molecule has 31 heavy (non-hydrogen) atoms. The summed E-state index contributed by atoms with van der Waals surface area (Å²) in [4.78, 5) is 28.4. The average Bonchev–Trinajstić information content (AvgIpc) is 2.76. The summed E-state index contributed by atoms with van der Waals surface area (Å²) in [5.74, 6) is 0.183. The summed E-state index contributed by atoms with van der Waals surface area (Å²) in [7, 11) is 0. The molecule has 0 fully saturated rings. The Balaban J connectivity index is 1.99. The van der Waals surface area contributed by atoms with E-state index in [4.69, 9.17) is 11.6 Å². The van der Waals surface area contributed by atoms with Gasteiger partial charge in [-0.1, -0.05) is 30.7 Å². The maximum atomic E-state index is 13.3. The molecule has 0 radical (unpaired) electrons. The highest BCUT2D eigenvalue weighted by atomic mass is 35.5. The van der Waals surface area contributed by atoms with Crippen molar-refractivity contribution in [3.8, 4) is 0 Å². The first-order chi connectivity index (χ1) is 14.8. The Kier molecular flexibility index (Phi) is 10.3. The topological polar surface area (TPSA) is 49.4 Å². The van der Waals surface area contributed by atoms with Crippen LogP contribution in [0.3, 0.4) is 0 Å². The third kappa shape index (κ3) is 8.54. The summed E-state index contributed by atoms with van der Waals surface area (Å²) in [6.45, 7) is 5.93. The smallest absolute Gasteiger partial charge is 0.242 e. The number of nitrogens with one attached hydrogen (secondary N) is 1. The summed E-state index contributed by atoms with van der Waals surface area (Å²) in [6, 6.07) is 13.0. The van der Waals surface area contributed by atoms with Crippen LogP contribution in [-0.2, 0) is 16.1 Å². The van der Waals surface area contributed by atoms with Crippen LogP contribution >= 0.6 is 23.4 Å². The van der Waals surface area contributed by atoms with Crippen molar-refractivity contribution in [2.45, 2.75) is 63.6 Å². The van der Waals surface area contributed by atoms with Crippen LogP contribution in [0.1, 0.15) is 45.6 Å². The molecular formula is C24H30ClFN2O2S. The molecule has 2 amide bonds. The molecule has 0 heterocycles. The fourth-order valence-corrected chi connectivity index (χ4v) is 3.90. The molecule has 168 valence electrons. The van der Waals surface area contributed by atoms with Gasteiger partial charge in [0.05, 0.1) is 0 Å². The molecule has 2 rings (SSSR count). The summed E-state index contributed by atoms with van der Waals surface area (Å²) in [6.07, 6.45) is 1.83. The van der Waals surface area contributed by atoms with Gasteiger partial charge in [-0.05, 0) is 74.4 Å². The predicted molar refractivity (Wildman–Crippen MR) is 126 cm³/mol. The minimum Gasteiger partial charge on any atom is -0.352 e. The fraction of sp³-hybridized carbons (Fsp3) is 0.417. The van der Waals surface area contributed by atoms with E-state index >= 15 is 0 Å². The number of thioether (sulfide) groups is 1. The molecule has 0 bridgehead atoms. The Hall–Kier alpha value is -2.05. The van der Waals surface area contributed by atoms with E-state index in [-0.39, 0.29) is 30.2 Å². The van der Waals surface area contributed by atoms with Gasteiger partial charge in [0.1, 0.15) is 11.9 Å². The lowest BCUT2D eigenvalue weighted by Crippen LogP contribution is -2.49. The van der Waals surface area contributed by atoms with Crippen molar-refractivity contribution < 1.29 is 14.0 Å². The van der Waals surface area contributed by atoms with Crippen molar-refractivity contribution in [1.29, 1.82) is 0 Å². The SMILES string of the molecule is CC[C@H](C)NC(=O)[C@H](C)N(Cc1ccc(F)cc1)C(=O)CCCSc1ccc(Cl)cc1. The minimum atomic E-state index is -0.615. The molecule has 4 nitrogen and oxygen atoms in total. The van der Waals surface area contributed by atoms with E-state index in [1.807, 2.05) is 38.1 Å². The number of carbonyl (C=O) groups is 2. The van der Waals surface area contributed by atoms with Crippen LogP contribution in [0, 0.1) is 5.82 Å². The Bertz CT molecular complexity index is 846. The number of nitrogens with zero attached hydrogens (tertiary/aromatic N) is 1. The van der Waals surface area contributed by atoms with Crippen LogP contribution in [0.2, 0.25) is 5.02 Å². The minimum absolute atomic E-state index is 0.0356. The van der Waals surface area contributed by atoms with Gasteiger partial charge in [-0.25, -0.2) is 4.39 Å². The molecule has 7 heteroatoms. The van der Waals surface area contributed by atoms with Crippen molar-refractivity contribution in [2.75, 3.05) is 5.75 Å². The lowest BCUT2D eigenvalue weighted by Gasteiger charge is -2.29. The van der Waals surface area contributed by atoms with E-state index in [0.29, 0.717) is 17.9 Å². The van der Waals surface area contributed by atoms with E-state index in [0.717, 1.165) is 22.6 Å². The highest BCUT2D eigenvalue weighted by Crippen LogP contribution is 2.22. The van der Waals surface area contributed by atoms with Crippen molar-refractivity contribution in [1.82, 2.24) is 10.2 Å². The lowest BCUT2D eigenvalue weighted by molar-refractivity contribution is -0.140. The maximum Gasteiger partial charge on any atom is 0.242 e. The van der Waals surface area contributed by atoms with E-state index in [1.54, 1.807) is 35.7 Å². The molecule has 0 spiro atoms. The first kappa shape index (κ1) is 25.2. The molecule has 2 aromatic carbocycles. The van der Waals surface area contributed by atoms with Crippen molar-refractivity contribution in [2.24, 2.45) is 0 Å². The Morgan fingerprint density at radius 2 is 1.74 bits per heavy atom. The van der Waals surface area contributed by atoms with Crippen LogP contribution < -0.4 is 5.32 Å². The zero-order valence-corrected chi connectivity index (χ0v) is 19.8. The Labute approximate surface area is 193 Å². The first-order valence-electron chi connectivity index (χ1n) is 10.5. The fourth-order valence-electron chi connectivity index (χ4n) is 2.92. The second-order valence-corrected chi connectivity index (χ2v) is 9.15. The molecule has 0 aliphatic heterocycles. The average molecular weight is 465 g/mol. The number of hydrogen-bond donors (Lipinski definition) is 1. The summed E-state index contributed by atoms with van der Waals surface area (Å²) < 4.78 is 13.3. The molecule has 0 unspecified atom stereocenters. The first-order valence-corrected chi connectivity index (χ1v) is 11.9. The van der Waals surface area contributed by atoms with Crippen molar-refractivity contribution in [3.05, 3.63) is 64.9 Å². The number of amides is 2. The van der Waals surface area contributed by atoms with Gasteiger partial charge in [0.2, 0.25) is 11.8 Å². The molecule has 0 saturated heterocycles. The molecule has 0 saturated carbocycles. The highest BCUT2D eigenvalue weighted by molar-refractivity contribution is 7.99. The quantitative estimate of drug-likeness (QED) is 0.343. The zero-order chi connectivity index (χ0) is 22.8. The third-order valence-electron chi connectivity index (χ3n) is 5.05.